The van der Waals surface area contributed by atoms with Crippen molar-refractivity contribution in [2.24, 2.45) is 29.1 Å². The van der Waals surface area contributed by atoms with Gasteiger partial charge in [0, 0.05) is 12.5 Å². The molecule has 4 nitrogen and oxygen atoms in total. The summed E-state index contributed by atoms with van der Waals surface area (Å²) in [5.41, 5.74) is -0.265. The van der Waals surface area contributed by atoms with Crippen LogP contribution in [0.1, 0.15) is 57.8 Å². The molecular weight excluding hydrogens is 266 g/mol. The Bertz CT molecular complexity index is 453. The smallest absolute Gasteiger partial charge is 0.303 e. The summed E-state index contributed by atoms with van der Waals surface area (Å²) >= 11 is 0. The number of aliphatic carboxylic acids is 1. The molecule has 0 spiro atoms. The highest BCUT2D eigenvalue weighted by atomic mass is 16.4. The highest BCUT2D eigenvalue weighted by molar-refractivity contribution is 5.79. The molecule has 0 aromatic rings. The maximum Gasteiger partial charge on any atom is 0.303 e. The number of hydrogen-bond donors (Lipinski definition) is 2. The number of carbonyl (C=O) groups excluding carboxylic acids is 1. The van der Waals surface area contributed by atoms with E-state index in [9.17, 15) is 9.59 Å². The first-order chi connectivity index (χ1) is 10.1. The van der Waals surface area contributed by atoms with Gasteiger partial charge in [-0.15, -0.1) is 0 Å². The second-order valence-electron chi connectivity index (χ2n) is 8.04. The van der Waals surface area contributed by atoms with Crippen molar-refractivity contribution in [3.05, 3.63) is 0 Å². The second kappa shape index (κ2) is 4.72. The van der Waals surface area contributed by atoms with Crippen LogP contribution in [-0.2, 0) is 9.59 Å². The third-order valence-electron chi connectivity index (χ3n) is 6.79. The Morgan fingerprint density at radius 2 is 1.67 bits per heavy atom. The molecule has 116 valence electrons. The molecule has 4 saturated carbocycles. The predicted octanol–water partition coefficient (Wildman–Crippen LogP) is 2.57. The summed E-state index contributed by atoms with van der Waals surface area (Å²) in [6.07, 6.45) is 8.63. The van der Waals surface area contributed by atoms with Crippen molar-refractivity contribution in [3.63, 3.8) is 0 Å². The molecule has 1 amide bonds. The van der Waals surface area contributed by atoms with E-state index in [2.05, 4.69) is 5.32 Å². The monoisotopic (exact) mass is 291 g/mol. The molecule has 0 aliphatic heterocycles. The lowest BCUT2D eigenvalue weighted by atomic mass is 9.79. The van der Waals surface area contributed by atoms with Crippen LogP contribution in [0.5, 0.6) is 0 Å². The average molecular weight is 291 g/mol. The first-order valence-electron chi connectivity index (χ1n) is 8.59. The van der Waals surface area contributed by atoms with Crippen molar-refractivity contribution in [2.75, 3.05) is 0 Å². The summed E-state index contributed by atoms with van der Waals surface area (Å²) in [7, 11) is 0. The largest absolute Gasteiger partial charge is 0.481 e. The van der Waals surface area contributed by atoms with Crippen LogP contribution in [0.15, 0.2) is 0 Å². The molecule has 4 unspecified atom stereocenters. The van der Waals surface area contributed by atoms with Crippen LogP contribution in [0.4, 0.5) is 0 Å². The Morgan fingerprint density at radius 1 is 1.05 bits per heavy atom. The molecule has 0 saturated heterocycles. The third kappa shape index (κ3) is 2.27. The van der Waals surface area contributed by atoms with E-state index < -0.39 is 5.97 Å². The number of hydrogen-bond acceptors (Lipinski definition) is 2. The van der Waals surface area contributed by atoms with E-state index in [-0.39, 0.29) is 17.7 Å². The van der Waals surface area contributed by atoms with Crippen molar-refractivity contribution < 1.29 is 14.7 Å². The molecule has 4 rings (SSSR count). The van der Waals surface area contributed by atoms with Gasteiger partial charge in [0.25, 0.3) is 0 Å². The van der Waals surface area contributed by atoms with Crippen LogP contribution >= 0.6 is 0 Å². The second-order valence-corrected chi connectivity index (χ2v) is 8.04. The fourth-order valence-electron chi connectivity index (χ4n) is 5.96. The number of carboxylic acids is 1. The summed E-state index contributed by atoms with van der Waals surface area (Å²) in [5.74, 6) is 2.59. The topological polar surface area (TPSA) is 66.4 Å². The van der Waals surface area contributed by atoms with Crippen LogP contribution in [0.25, 0.3) is 0 Å². The Labute approximate surface area is 125 Å². The van der Waals surface area contributed by atoms with Gasteiger partial charge in [-0.3, -0.25) is 9.59 Å². The molecule has 0 aromatic heterocycles. The number of fused-ring (bicyclic) bond motifs is 5. The van der Waals surface area contributed by atoms with Crippen molar-refractivity contribution in [1.29, 1.82) is 0 Å². The van der Waals surface area contributed by atoms with Gasteiger partial charge >= 0.3 is 5.97 Å². The minimum atomic E-state index is -0.758. The van der Waals surface area contributed by atoms with E-state index in [0.717, 1.165) is 49.4 Å². The first kappa shape index (κ1) is 13.6. The van der Waals surface area contributed by atoms with Gasteiger partial charge in [0.1, 0.15) is 0 Å². The Balaban J connectivity index is 1.34. The summed E-state index contributed by atoms with van der Waals surface area (Å²) in [4.78, 5) is 23.5. The fraction of sp³-hybridized carbons (Fsp3) is 0.882. The number of amides is 1. The van der Waals surface area contributed by atoms with Gasteiger partial charge in [-0.05, 0) is 61.2 Å². The molecule has 2 N–H and O–H groups in total. The number of carboxylic acid groups (broad SMARTS) is 1. The maximum atomic E-state index is 12.4. The SMILES string of the molecule is O=C(O)CC1(CC(=O)NC2C3C4CCC(C4)C23)CCCC1. The third-order valence-corrected chi connectivity index (χ3v) is 6.79. The Hall–Kier alpha value is -1.06. The number of nitrogens with one attached hydrogen (secondary N) is 1. The number of carbonyl (C=O) groups is 2. The molecule has 2 bridgehead atoms. The van der Waals surface area contributed by atoms with E-state index >= 15 is 0 Å². The van der Waals surface area contributed by atoms with Gasteiger partial charge in [-0.2, -0.15) is 0 Å². The molecule has 4 aliphatic carbocycles. The Morgan fingerprint density at radius 3 is 2.24 bits per heavy atom. The van der Waals surface area contributed by atoms with Crippen LogP contribution in [0, 0.1) is 29.1 Å². The van der Waals surface area contributed by atoms with Crippen molar-refractivity contribution in [2.45, 2.75) is 63.8 Å². The predicted molar refractivity (Wildman–Crippen MR) is 77.5 cm³/mol. The maximum absolute atomic E-state index is 12.4. The molecule has 21 heavy (non-hydrogen) atoms. The highest BCUT2D eigenvalue weighted by Crippen LogP contribution is 2.65. The molecular formula is C17H25NO3. The summed E-state index contributed by atoms with van der Waals surface area (Å²) < 4.78 is 0. The Kier molecular flexibility index (Phi) is 3.05. The molecule has 0 aromatic carbocycles. The molecule has 4 aliphatic rings. The summed E-state index contributed by atoms with van der Waals surface area (Å²) in [5, 5.41) is 12.4. The van der Waals surface area contributed by atoms with E-state index in [4.69, 9.17) is 5.11 Å². The minimum absolute atomic E-state index is 0.108. The van der Waals surface area contributed by atoms with E-state index in [1.165, 1.54) is 19.3 Å². The molecule has 4 heteroatoms. The minimum Gasteiger partial charge on any atom is -0.481 e. The van der Waals surface area contributed by atoms with E-state index in [1.807, 2.05) is 0 Å². The lowest BCUT2D eigenvalue weighted by Gasteiger charge is -2.26. The van der Waals surface area contributed by atoms with Crippen LogP contribution in [-0.4, -0.2) is 23.0 Å². The standard InChI is InChI=1S/C17H25NO3/c19-12(8-17(9-13(20)21)5-1-2-6-17)18-16-14-10-3-4-11(7-10)15(14)16/h10-11,14-16H,1-9H2,(H,18,19)(H,20,21). The van der Waals surface area contributed by atoms with Crippen molar-refractivity contribution in [3.8, 4) is 0 Å². The fourth-order valence-corrected chi connectivity index (χ4v) is 5.96. The van der Waals surface area contributed by atoms with Crippen LogP contribution < -0.4 is 5.32 Å². The average Bonchev–Trinajstić information content (AvgIpc) is 2.83. The van der Waals surface area contributed by atoms with Gasteiger partial charge in [0.2, 0.25) is 5.91 Å². The highest BCUT2D eigenvalue weighted by Gasteiger charge is 2.65. The van der Waals surface area contributed by atoms with Crippen molar-refractivity contribution in [1.82, 2.24) is 5.32 Å². The lowest BCUT2D eigenvalue weighted by Crippen LogP contribution is -2.35. The molecule has 4 atom stereocenters. The van der Waals surface area contributed by atoms with Gasteiger partial charge < -0.3 is 10.4 Å². The zero-order valence-electron chi connectivity index (χ0n) is 12.5. The van der Waals surface area contributed by atoms with Gasteiger partial charge in [-0.25, -0.2) is 0 Å². The van der Waals surface area contributed by atoms with Crippen LogP contribution in [0.2, 0.25) is 0 Å². The molecule has 4 fully saturated rings. The summed E-state index contributed by atoms with van der Waals surface area (Å²) in [6, 6.07) is 0.423. The normalized spacial score (nSPS) is 41.8. The quantitative estimate of drug-likeness (QED) is 0.818. The summed E-state index contributed by atoms with van der Waals surface area (Å²) in [6.45, 7) is 0. The van der Waals surface area contributed by atoms with Gasteiger partial charge in [0.15, 0.2) is 0 Å². The van der Waals surface area contributed by atoms with Gasteiger partial charge in [-0.1, -0.05) is 12.8 Å². The molecule has 0 heterocycles. The molecule has 0 radical (unpaired) electrons. The number of rotatable bonds is 5. The van der Waals surface area contributed by atoms with E-state index in [1.54, 1.807) is 0 Å². The lowest BCUT2D eigenvalue weighted by molar-refractivity contribution is -0.140. The van der Waals surface area contributed by atoms with Crippen LogP contribution in [0.3, 0.4) is 0 Å². The van der Waals surface area contributed by atoms with E-state index in [0.29, 0.717) is 12.5 Å². The van der Waals surface area contributed by atoms with Crippen molar-refractivity contribution >= 4 is 11.9 Å². The zero-order chi connectivity index (χ0) is 14.6. The van der Waals surface area contributed by atoms with Gasteiger partial charge in [0.05, 0.1) is 6.42 Å². The first-order valence-corrected chi connectivity index (χ1v) is 8.59. The zero-order valence-corrected chi connectivity index (χ0v) is 12.5.